The summed E-state index contributed by atoms with van der Waals surface area (Å²) in [7, 11) is 0. The van der Waals surface area contributed by atoms with Crippen LogP contribution in [0, 0.1) is 0 Å². The van der Waals surface area contributed by atoms with Gasteiger partial charge in [0.25, 0.3) is 0 Å². The lowest BCUT2D eigenvalue weighted by Gasteiger charge is -2.38. The lowest BCUT2D eigenvalue weighted by atomic mass is 9.77. The topological polar surface area (TPSA) is 203 Å². The van der Waals surface area contributed by atoms with Crippen molar-refractivity contribution in [2.75, 3.05) is 39.3 Å². The van der Waals surface area contributed by atoms with Gasteiger partial charge < -0.3 is 56.8 Å². The van der Waals surface area contributed by atoms with Gasteiger partial charge in [-0.05, 0) is 269 Å². The highest BCUT2D eigenvalue weighted by atomic mass is 35.5. The van der Waals surface area contributed by atoms with Crippen LogP contribution in [0.1, 0.15) is 202 Å². The van der Waals surface area contributed by atoms with Crippen molar-refractivity contribution in [1.29, 1.82) is 0 Å². The number of phenolic OH excluding ortho intramolecular Hbond substituents is 1. The van der Waals surface area contributed by atoms with Crippen molar-refractivity contribution in [3.8, 4) is 5.75 Å². The zero-order valence-corrected chi connectivity index (χ0v) is 82.1. The Bertz CT molecular complexity index is 6920. The largest absolute Gasteiger partial charge is 0.507 e. The first kappa shape index (κ1) is 91.9. The Balaban J connectivity index is 0.000000103. The molecule has 0 bridgehead atoms. The Morgan fingerprint density at radius 3 is 1.15 bits per heavy atom. The standard InChI is InChI=1S/C32H37ClN2O.C22H23ClN2O.2C20H17ClN2O2.C19H16ClN3OS/c1-31(2,3)25-16-21(17-26(30(25)36)32(4,5)6)29-28-23(24-18-22(33)12-13-27(24)34-28)14-15-35(29)19-20-10-8-7-9-11-20;23-16-8-9-19-18(13-16)17-10-11-25(14-15-5-2-1-3-6-15)22(21(17)24-19)20-7-4-12-26-20;21-13-5-6-17-16(11-13)15-7-8-23(12-14-3-1-9-24-14)20(19(15)22-17)18-4-2-10-25-18;21-14-3-4-18-17(10-14)16-5-7-23(11-15-2-1-8-25-15)20(19(16)22-18)13-6-9-24-12-13;20-12-3-4-16-15(10-12)14-5-7-23(11-13-2-1-8-24-13)18(17(14)22-16)19-21-6-9-25-19/h7-13,16-18,29,34,36H,14-15,19H2,1-6H3;1-3,5-6,8-9,13,20,22,24H,4,7,10-12,14H2;1-6,9-11,20,22H,7-8,12H2;1-4,6,8-10,12,20,22H,5,7,11H2;1-4,6,8-10,18,22H,5,7,11H2. The van der Waals surface area contributed by atoms with Gasteiger partial charge in [-0.1, -0.05) is 160 Å². The van der Waals surface area contributed by atoms with Gasteiger partial charge in [0.15, 0.2) is 0 Å². The summed E-state index contributed by atoms with van der Waals surface area (Å²) >= 11 is 33.1. The molecule has 6 aliphatic rings. The Kier molecular flexibility index (Phi) is 26.4. The van der Waals surface area contributed by atoms with Crippen LogP contribution < -0.4 is 0 Å². The van der Waals surface area contributed by atoms with E-state index >= 15 is 0 Å². The van der Waals surface area contributed by atoms with Crippen molar-refractivity contribution < 1.29 is 31.9 Å². The third-order valence-corrected chi connectivity index (χ3v) is 30.0. The Hall–Kier alpha value is -11.5. The van der Waals surface area contributed by atoms with E-state index in [1.807, 2.05) is 115 Å². The summed E-state index contributed by atoms with van der Waals surface area (Å²) in [5.74, 6) is 4.26. The van der Waals surface area contributed by atoms with E-state index in [1.54, 1.807) is 42.7 Å². The fourth-order valence-corrected chi connectivity index (χ4v) is 23.4. The number of phenols is 1. The van der Waals surface area contributed by atoms with Crippen molar-refractivity contribution in [3.05, 3.63) is 410 Å². The third kappa shape index (κ3) is 19.3. The summed E-state index contributed by atoms with van der Waals surface area (Å²) < 4.78 is 34.0. The Labute approximate surface area is 825 Å². The maximum atomic E-state index is 11.4. The molecule has 11 aromatic heterocycles. The van der Waals surface area contributed by atoms with Gasteiger partial charge in [0.2, 0.25) is 0 Å². The molecule has 1 fully saturated rings. The predicted molar refractivity (Wildman–Crippen MR) is 550 cm³/mol. The molecule has 6 atom stereocenters. The molecule has 6 aliphatic heterocycles. The molecule has 19 aromatic rings. The average molecular weight is 1940 g/mol. The van der Waals surface area contributed by atoms with Crippen LogP contribution in [-0.2, 0) is 80.4 Å². The van der Waals surface area contributed by atoms with Crippen LogP contribution in [0.15, 0.2) is 290 Å². The van der Waals surface area contributed by atoms with Crippen LogP contribution in [-0.4, -0.2) is 105 Å². The van der Waals surface area contributed by atoms with Gasteiger partial charge in [0, 0.05) is 178 Å². The summed E-state index contributed by atoms with van der Waals surface area (Å²) in [4.78, 5) is 35.3. The van der Waals surface area contributed by atoms with E-state index in [1.165, 1.54) is 105 Å². The van der Waals surface area contributed by atoms with Crippen LogP contribution >= 0.6 is 69.3 Å². The number of halogens is 5. The van der Waals surface area contributed by atoms with Gasteiger partial charge >= 0.3 is 0 Å². The number of aromatic amines is 5. The number of thiazole rings is 1. The lowest BCUT2D eigenvalue weighted by Crippen LogP contribution is -2.41. The number of rotatable bonds is 15. The monoisotopic (exact) mass is 1940 g/mol. The molecule has 0 amide bonds. The van der Waals surface area contributed by atoms with Crippen LogP contribution in [0.2, 0.25) is 25.1 Å². The predicted octanol–water partition coefficient (Wildman–Crippen LogP) is 28.7. The molecule has 6 unspecified atom stereocenters. The van der Waals surface area contributed by atoms with Crippen molar-refractivity contribution in [3.63, 3.8) is 0 Å². The molecule has 18 nitrogen and oxygen atoms in total. The van der Waals surface area contributed by atoms with E-state index in [9.17, 15) is 5.11 Å². The number of nitrogens with one attached hydrogen (secondary N) is 5. The molecule has 0 spiro atoms. The fraction of sp³-hybridized carbons (Fsp3) is 0.283. The maximum Gasteiger partial charge on any atom is 0.126 e. The number of aromatic hydroxyl groups is 1. The first-order chi connectivity index (χ1) is 66.6. The molecule has 1 saturated heterocycles. The van der Waals surface area contributed by atoms with Gasteiger partial charge in [0.05, 0.1) is 81.4 Å². The molecule has 137 heavy (non-hydrogen) atoms. The molecule has 0 aliphatic carbocycles. The van der Waals surface area contributed by atoms with Crippen molar-refractivity contribution in [2.45, 2.75) is 166 Å². The summed E-state index contributed by atoms with van der Waals surface area (Å²) in [5, 5.41) is 24.5. The van der Waals surface area contributed by atoms with Gasteiger partial charge in [-0.25, -0.2) is 4.98 Å². The smallest absolute Gasteiger partial charge is 0.126 e. The highest BCUT2D eigenvalue weighted by Crippen LogP contribution is 2.50. The van der Waals surface area contributed by atoms with Gasteiger partial charge in [0.1, 0.15) is 45.9 Å². The van der Waals surface area contributed by atoms with Gasteiger partial charge in [-0.2, -0.15) is 0 Å². The number of fused-ring (bicyclic) bond motifs is 15. The van der Waals surface area contributed by atoms with Crippen molar-refractivity contribution >= 4 is 124 Å². The first-order valence-electron chi connectivity index (χ1n) is 47.4. The Morgan fingerprint density at radius 2 is 0.766 bits per heavy atom. The van der Waals surface area contributed by atoms with Crippen molar-refractivity contribution in [1.82, 2.24) is 54.4 Å². The van der Waals surface area contributed by atoms with E-state index in [0.717, 1.165) is 209 Å². The molecule has 700 valence electrons. The second-order valence-electron chi connectivity index (χ2n) is 38.9. The summed E-state index contributed by atoms with van der Waals surface area (Å²) in [6.45, 7) is 22.9. The molecule has 24 heteroatoms. The third-order valence-electron chi connectivity index (χ3n) is 28.0. The molecular weight excluding hydrogens is 1830 g/mol. The van der Waals surface area contributed by atoms with Crippen LogP contribution in [0.5, 0.6) is 5.75 Å². The minimum Gasteiger partial charge on any atom is -0.507 e. The number of nitrogens with zero attached hydrogens (tertiary/aromatic N) is 6. The zero-order valence-electron chi connectivity index (χ0n) is 77.5. The second-order valence-corrected chi connectivity index (χ2v) is 42.0. The SMILES string of the molecule is CC(C)(C)c1cc(C2c3[nH]c4ccc(Cl)cc4c3CCN2Cc2ccccc2)cc(C(C)(C)C)c1O.Clc1ccc2[nH]c3c(c2c1)CCN(Cc1ccccc1)C3C1CCCO1.Clc1ccc2[nH]c3c(c2c1)CCN(Cc1ccco1)C3c1ccco1.Clc1ccc2[nH]c3c(c2c1)CCN(Cc1ccco1)C3c1ccoc1.Clc1ccc2[nH]c3c(c2c1)CCN(Cc1ccco1)C3c1nccs1. The normalized spacial score (nSPS) is 18.7. The average Bonchev–Trinajstić information content (AvgIpc) is 1.72. The van der Waals surface area contributed by atoms with Crippen LogP contribution in [0.3, 0.4) is 0 Å². The lowest BCUT2D eigenvalue weighted by molar-refractivity contribution is 0.0125. The van der Waals surface area contributed by atoms with E-state index < -0.39 is 0 Å². The number of furan rings is 5. The van der Waals surface area contributed by atoms with E-state index in [4.69, 9.17) is 84.8 Å². The number of hydrogen-bond acceptors (Lipinski definition) is 14. The molecule has 0 radical (unpaired) electrons. The number of hydrogen-bond donors (Lipinski definition) is 6. The zero-order chi connectivity index (χ0) is 93.7. The van der Waals surface area contributed by atoms with Gasteiger partial charge in [-0.3, -0.25) is 24.5 Å². The number of benzene rings is 8. The minimum atomic E-state index is -0.185. The molecule has 8 aromatic carbocycles. The van der Waals surface area contributed by atoms with Crippen molar-refractivity contribution in [2.24, 2.45) is 0 Å². The molecule has 0 saturated carbocycles. The van der Waals surface area contributed by atoms with Crippen LogP contribution in [0.25, 0.3) is 54.5 Å². The molecular formula is C113H110Cl5N11O7S. The first-order valence-corrected chi connectivity index (χ1v) is 50.2. The summed E-state index contributed by atoms with van der Waals surface area (Å²) in [6, 6.07) is 74.8. The van der Waals surface area contributed by atoms with Crippen LogP contribution in [0.4, 0.5) is 0 Å². The van der Waals surface area contributed by atoms with E-state index in [0.29, 0.717) is 5.75 Å². The highest BCUT2D eigenvalue weighted by Gasteiger charge is 2.42. The fourth-order valence-electron chi connectivity index (χ4n) is 21.7. The highest BCUT2D eigenvalue weighted by molar-refractivity contribution is 7.09. The summed E-state index contributed by atoms with van der Waals surface area (Å²) in [6.07, 6.45) is 19.8. The Morgan fingerprint density at radius 1 is 0.387 bits per heavy atom. The van der Waals surface area contributed by atoms with Gasteiger partial charge in [-0.15, -0.1) is 11.3 Å². The van der Waals surface area contributed by atoms with E-state index in [2.05, 4.69) is 217 Å². The number of ether oxygens (including phenoxy) is 1. The molecule has 25 rings (SSSR count). The molecule has 6 N–H and O–H groups in total. The maximum absolute atomic E-state index is 11.4. The number of aromatic nitrogens is 6. The summed E-state index contributed by atoms with van der Waals surface area (Å²) in [5.41, 5.74) is 25.3. The quantitative estimate of drug-likeness (QED) is 0.0566. The molecule has 17 heterocycles. The number of H-pyrrole nitrogens is 5. The minimum absolute atomic E-state index is 0.0371. The second kappa shape index (κ2) is 39.4. The van der Waals surface area contributed by atoms with E-state index in [-0.39, 0.29) is 47.1 Å².